The van der Waals surface area contributed by atoms with Crippen LogP contribution in [0.15, 0.2) is 47.4 Å². The maximum atomic E-state index is 13.3. The summed E-state index contributed by atoms with van der Waals surface area (Å²) in [5.41, 5.74) is 1.10. The van der Waals surface area contributed by atoms with Crippen LogP contribution in [0.5, 0.6) is 11.5 Å². The average Bonchev–Trinajstić information content (AvgIpc) is 3.07. The molecule has 1 fully saturated rings. The first kappa shape index (κ1) is 22.1. The lowest BCUT2D eigenvalue weighted by Crippen LogP contribution is -2.32. The van der Waals surface area contributed by atoms with Crippen LogP contribution in [0, 0.1) is 0 Å². The molecule has 3 rings (SSSR count). The molecule has 0 aromatic heterocycles. The summed E-state index contributed by atoms with van der Waals surface area (Å²) in [5.74, 6) is 0.549. The van der Waals surface area contributed by atoms with Gasteiger partial charge < -0.3 is 14.8 Å². The highest BCUT2D eigenvalue weighted by atomic mass is 32.2. The molecule has 1 N–H and O–H groups in total. The van der Waals surface area contributed by atoms with Gasteiger partial charge in [0.1, 0.15) is 16.4 Å². The van der Waals surface area contributed by atoms with Gasteiger partial charge in [-0.15, -0.1) is 0 Å². The van der Waals surface area contributed by atoms with E-state index in [-0.39, 0.29) is 28.7 Å². The topological polar surface area (TPSA) is 84.9 Å². The van der Waals surface area contributed by atoms with Crippen molar-refractivity contribution in [2.24, 2.45) is 0 Å². The van der Waals surface area contributed by atoms with Crippen molar-refractivity contribution < 1.29 is 22.7 Å². The van der Waals surface area contributed by atoms with E-state index in [0.717, 1.165) is 31.2 Å². The molecule has 1 heterocycles. The summed E-state index contributed by atoms with van der Waals surface area (Å²) >= 11 is 0. The minimum Gasteiger partial charge on any atom is -0.496 e. The van der Waals surface area contributed by atoms with Gasteiger partial charge in [0.25, 0.3) is 5.91 Å². The monoisotopic (exact) mass is 432 g/mol. The lowest BCUT2D eigenvalue weighted by atomic mass is 10.1. The SMILES string of the molecule is COc1ccccc1CNC(=O)c1ccc(OC)c(S(=O)(=O)N2CCCCCC2)c1. The van der Waals surface area contributed by atoms with Gasteiger partial charge in [0, 0.05) is 30.8 Å². The van der Waals surface area contributed by atoms with Gasteiger partial charge in [-0.3, -0.25) is 4.79 Å². The van der Waals surface area contributed by atoms with Crippen LogP contribution in [0.25, 0.3) is 0 Å². The van der Waals surface area contributed by atoms with E-state index in [4.69, 9.17) is 9.47 Å². The molecule has 162 valence electrons. The molecule has 0 aliphatic carbocycles. The zero-order valence-electron chi connectivity index (χ0n) is 17.4. The Morgan fingerprint density at radius 1 is 0.967 bits per heavy atom. The third kappa shape index (κ3) is 4.94. The van der Waals surface area contributed by atoms with E-state index in [2.05, 4.69) is 5.32 Å². The molecule has 0 bridgehead atoms. The fourth-order valence-electron chi connectivity index (χ4n) is 3.57. The molecule has 1 aliphatic rings. The Kier molecular flexibility index (Phi) is 7.33. The normalized spacial score (nSPS) is 15.3. The molecule has 2 aromatic rings. The number of benzene rings is 2. The fourth-order valence-corrected chi connectivity index (χ4v) is 5.27. The molecule has 8 heteroatoms. The summed E-state index contributed by atoms with van der Waals surface area (Å²) in [4.78, 5) is 12.8. The number of amides is 1. The highest BCUT2D eigenvalue weighted by molar-refractivity contribution is 7.89. The molecule has 2 aromatic carbocycles. The minimum atomic E-state index is -3.75. The van der Waals surface area contributed by atoms with E-state index >= 15 is 0 Å². The summed E-state index contributed by atoms with van der Waals surface area (Å²) in [7, 11) is -0.751. The van der Waals surface area contributed by atoms with Gasteiger partial charge in [0.2, 0.25) is 10.0 Å². The molecule has 0 unspecified atom stereocenters. The Hall–Kier alpha value is -2.58. The first-order valence-corrected chi connectivity index (χ1v) is 11.5. The van der Waals surface area contributed by atoms with E-state index in [1.807, 2.05) is 24.3 Å². The Balaban J connectivity index is 1.83. The van der Waals surface area contributed by atoms with Crippen LogP contribution in [0.2, 0.25) is 0 Å². The predicted octanol–water partition coefficient (Wildman–Crippen LogP) is 3.20. The second-order valence-electron chi connectivity index (χ2n) is 7.18. The van der Waals surface area contributed by atoms with Gasteiger partial charge in [0.05, 0.1) is 14.2 Å². The second-order valence-corrected chi connectivity index (χ2v) is 9.08. The van der Waals surface area contributed by atoms with E-state index in [1.54, 1.807) is 13.2 Å². The van der Waals surface area contributed by atoms with Crippen LogP contribution in [0.1, 0.15) is 41.6 Å². The van der Waals surface area contributed by atoms with Crippen molar-refractivity contribution in [3.63, 3.8) is 0 Å². The van der Waals surface area contributed by atoms with Crippen molar-refractivity contribution in [1.82, 2.24) is 9.62 Å². The molecule has 0 atom stereocenters. The Labute approximate surface area is 178 Å². The number of carbonyl (C=O) groups excluding carboxylic acids is 1. The largest absolute Gasteiger partial charge is 0.496 e. The first-order chi connectivity index (χ1) is 14.5. The summed E-state index contributed by atoms with van der Waals surface area (Å²) in [6.45, 7) is 1.23. The fraction of sp³-hybridized carbons (Fsp3) is 0.409. The highest BCUT2D eigenvalue weighted by Crippen LogP contribution is 2.29. The van der Waals surface area contributed by atoms with Crippen LogP contribution >= 0.6 is 0 Å². The highest BCUT2D eigenvalue weighted by Gasteiger charge is 2.29. The summed E-state index contributed by atoms with van der Waals surface area (Å²) in [6, 6.07) is 11.9. The van der Waals surface area contributed by atoms with Gasteiger partial charge in [-0.2, -0.15) is 4.31 Å². The lowest BCUT2D eigenvalue weighted by molar-refractivity contribution is 0.0950. The van der Waals surface area contributed by atoms with Gasteiger partial charge in [-0.1, -0.05) is 31.0 Å². The number of nitrogens with one attached hydrogen (secondary N) is 1. The average molecular weight is 433 g/mol. The maximum absolute atomic E-state index is 13.3. The van der Waals surface area contributed by atoms with Crippen LogP contribution in [0.4, 0.5) is 0 Å². The van der Waals surface area contributed by atoms with Crippen molar-refractivity contribution >= 4 is 15.9 Å². The molecule has 1 aliphatic heterocycles. The lowest BCUT2D eigenvalue weighted by Gasteiger charge is -2.21. The van der Waals surface area contributed by atoms with Crippen LogP contribution in [-0.4, -0.2) is 45.9 Å². The number of hydrogen-bond acceptors (Lipinski definition) is 5. The number of ether oxygens (including phenoxy) is 2. The van der Waals surface area contributed by atoms with Crippen molar-refractivity contribution in [3.05, 3.63) is 53.6 Å². The van der Waals surface area contributed by atoms with E-state index < -0.39 is 10.0 Å². The molecule has 0 saturated carbocycles. The molecular formula is C22H28N2O5S. The van der Waals surface area contributed by atoms with Crippen LogP contribution < -0.4 is 14.8 Å². The van der Waals surface area contributed by atoms with E-state index in [9.17, 15) is 13.2 Å². The molecular weight excluding hydrogens is 404 g/mol. The van der Waals surface area contributed by atoms with Gasteiger partial charge in [-0.25, -0.2) is 8.42 Å². The van der Waals surface area contributed by atoms with Gasteiger partial charge in [-0.05, 0) is 37.1 Å². The third-order valence-corrected chi connectivity index (χ3v) is 7.16. The Morgan fingerprint density at radius 3 is 2.30 bits per heavy atom. The quantitative estimate of drug-likeness (QED) is 0.726. The number of para-hydroxylation sites is 1. The molecule has 30 heavy (non-hydrogen) atoms. The number of methoxy groups -OCH3 is 2. The number of hydrogen-bond donors (Lipinski definition) is 1. The number of sulfonamides is 1. The molecule has 0 spiro atoms. The van der Waals surface area contributed by atoms with Gasteiger partial charge in [0.15, 0.2) is 0 Å². The standard InChI is InChI=1S/C22H28N2O5S/c1-28-19-10-6-5-9-18(19)16-23-22(25)17-11-12-20(29-2)21(15-17)30(26,27)24-13-7-3-4-8-14-24/h5-6,9-12,15H,3-4,7-8,13-14,16H2,1-2H3,(H,23,25). The molecule has 7 nitrogen and oxygen atoms in total. The number of nitrogens with zero attached hydrogens (tertiary/aromatic N) is 1. The molecule has 1 amide bonds. The smallest absolute Gasteiger partial charge is 0.251 e. The van der Waals surface area contributed by atoms with Crippen molar-refractivity contribution in [2.75, 3.05) is 27.3 Å². The Bertz CT molecular complexity index is 983. The van der Waals surface area contributed by atoms with Crippen LogP contribution in [-0.2, 0) is 16.6 Å². The predicted molar refractivity (Wildman–Crippen MR) is 114 cm³/mol. The molecule has 1 saturated heterocycles. The third-order valence-electron chi connectivity index (χ3n) is 5.24. The first-order valence-electron chi connectivity index (χ1n) is 10.1. The number of carbonyl (C=O) groups is 1. The van der Waals surface area contributed by atoms with Crippen LogP contribution in [0.3, 0.4) is 0 Å². The Morgan fingerprint density at radius 2 is 1.63 bits per heavy atom. The summed E-state index contributed by atoms with van der Waals surface area (Å²) in [5, 5.41) is 2.83. The maximum Gasteiger partial charge on any atom is 0.251 e. The summed E-state index contributed by atoms with van der Waals surface area (Å²) < 4.78 is 38.6. The zero-order chi connectivity index (χ0) is 21.6. The molecule has 0 radical (unpaired) electrons. The van der Waals surface area contributed by atoms with Crippen molar-refractivity contribution in [3.8, 4) is 11.5 Å². The van der Waals surface area contributed by atoms with Crippen molar-refractivity contribution in [2.45, 2.75) is 37.1 Å². The second kappa shape index (κ2) is 9.95. The summed E-state index contributed by atoms with van der Waals surface area (Å²) in [6.07, 6.45) is 3.71. The minimum absolute atomic E-state index is 0.0249. The number of rotatable bonds is 7. The zero-order valence-corrected chi connectivity index (χ0v) is 18.2. The van der Waals surface area contributed by atoms with Gasteiger partial charge >= 0.3 is 0 Å². The van der Waals surface area contributed by atoms with Crippen molar-refractivity contribution in [1.29, 1.82) is 0 Å². The van der Waals surface area contributed by atoms with E-state index in [0.29, 0.717) is 18.8 Å². The van der Waals surface area contributed by atoms with E-state index in [1.165, 1.54) is 23.5 Å².